The molecule has 0 bridgehead atoms. The number of aryl methyl sites for hydroxylation is 1. The van der Waals surface area contributed by atoms with Gasteiger partial charge in [-0.3, -0.25) is 13.9 Å². The van der Waals surface area contributed by atoms with Crippen LogP contribution in [0, 0.1) is 11.8 Å². The minimum Gasteiger partial charge on any atom is -0.469 e. The number of hydrogen-bond acceptors (Lipinski definition) is 5. The van der Waals surface area contributed by atoms with E-state index in [1.807, 2.05) is 22.8 Å². The molecule has 1 aromatic carbocycles. The number of methoxy groups -OCH3 is 1. The van der Waals surface area contributed by atoms with Gasteiger partial charge in [0.2, 0.25) is 0 Å². The number of carbonyl (C=O) groups excluding carboxylic acids is 1. The fourth-order valence-corrected chi connectivity index (χ4v) is 4.60. The van der Waals surface area contributed by atoms with E-state index in [0.717, 1.165) is 68.3 Å². The molecule has 0 amide bonds. The van der Waals surface area contributed by atoms with Gasteiger partial charge in [0.15, 0.2) is 6.29 Å². The summed E-state index contributed by atoms with van der Waals surface area (Å²) in [6.07, 6.45) is 6.37. The van der Waals surface area contributed by atoms with Crippen LogP contribution in [0.3, 0.4) is 0 Å². The van der Waals surface area contributed by atoms with E-state index in [1.54, 1.807) is 11.6 Å². The molecule has 7 heteroatoms. The standard InChI is InChI=1S/C22H30N2O5/c1-23-18-11-10-17(29-20-5-3-4-12-28-20)13-19(18)24(22(23)26)14-15-6-8-16(9-7-15)21(25)27-2/h10-11,13,15-16,20H,3-9,12,14H2,1-2H3. The van der Waals surface area contributed by atoms with Gasteiger partial charge in [0.1, 0.15) is 5.75 Å². The molecular formula is C22H30N2O5. The molecule has 1 unspecified atom stereocenters. The maximum absolute atomic E-state index is 12.9. The molecule has 2 heterocycles. The number of hydrogen-bond donors (Lipinski definition) is 0. The Balaban J connectivity index is 1.52. The molecule has 2 fully saturated rings. The molecule has 1 atom stereocenters. The molecule has 2 aliphatic rings. The Kier molecular flexibility index (Phi) is 5.94. The predicted octanol–water partition coefficient (Wildman–Crippen LogP) is 3.22. The van der Waals surface area contributed by atoms with Crippen molar-refractivity contribution >= 4 is 17.0 Å². The summed E-state index contributed by atoms with van der Waals surface area (Å²) in [4.78, 5) is 24.6. The summed E-state index contributed by atoms with van der Waals surface area (Å²) in [7, 11) is 3.25. The SMILES string of the molecule is COC(=O)C1CCC(Cn2c(=O)n(C)c3ccc(OC4CCCCO4)cc32)CC1. The monoisotopic (exact) mass is 402 g/mol. The number of ether oxygens (including phenoxy) is 3. The number of nitrogens with zero attached hydrogens (tertiary/aromatic N) is 2. The molecule has 158 valence electrons. The molecule has 29 heavy (non-hydrogen) atoms. The summed E-state index contributed by atoms with van der Waals surface area (Å²) >= 11 is 0. The lowest BCUT2D eigenvalue weighted by Gasteiger charge is -2.27. The average Bonchev–Trinajstić information content (AvgIpc) is 2.99. The van der Waals surface area contributed by atoms with Gasteiger partial charge in [0.05, 0.1) is 30.7 Å². The van der Waals surface area contributed by atoms with E-state index >= 15 is 0 Å². The zero-order chi connectivity index (χ0) is 20.4. The molecule has 2 aromatic rings. The smallest absolute Gasteiger partial charge is 0.328 e. The Morgan fingerprint density at radius 3 is 2.62 bits per heavy atom. The second-order valence-electron chi connectivity index (χ2n) is 8.26. The van der Waals surface area contributed by atoms with E-state index in [1.165, 1.54) is 7.11 Å². The van der Waals surface area contributed by atoms with Crippen LogP contribution in [0.4, 0.5) is 0 Å². The van der Waals surface area contributed by atoms with Crippen molar-refractivity contribution in [1.29, 1.82) is 0 Å². The zero-order valence-electron chi connectivity index (χ0n) is 17.3. The second kappa shape index (κ2) is 8.61. The number of esters is 1. The predicted molar refractivity (Wildman–Crippen MR) is 109 cm³/mol. The van der Waals surface area contributed by atoms with Crippen LogP contribution >= 0.6 is 0 Å². The molecule has 1 saturated carbocycles. The Hall–Kier alpha value is -2.28. The third-order valence-electron chi connectivity index (χ3n) is 6.34. The number of fused-ring (bicyclic) bond motifs is 1. The van der Waals surface area contributed by atoms with E-state index < -0.39 is 0 Å². The Morgan fingerprint density at radius 1 is 1.14 bits per heavy atom. The van der Waals surface area contributed by atoms with Crippen molar-refractivity contribution in [2.75, 3.05) is 13.7 Å². The maximum Gasteiger partial charge on any atom is 0.328 e. The first-order valence-corrected chi connectivity index (χ1v) is 10.6. The Morgan fingerprint density at radius 2 is 1.93 bits per heavy atom. The third kappa shape index (κ3) is 4.20. The summed E-state index contributed by atoms with van der Waals surface area (Å²) in [5.74, 6) is 0.997. The zero-order valence-corrected chi connectivity index (χ0v) is 17.3. The largest absolute Gasteiger partial charge is 0.469 e. The second-order valence-corrected chi connectivity index (χ2v) is 8.26. The molecule has 0 N–H and O–H groups in total. The van der Waals surface area contributed by atoms with Crippen molar-refractivity contribution in [2.24, 2.45) is 18.9 Å². The van der Waals surface area contributed by atoms with Crippen LogP contribution in [-0.2, 0) is 27.9 Å². The summed E-state index contributed by atoms with van der Waals surface area (Å²) in [5.41, 5.74) is 1.78. The van der Waals surface area contributed by atoms with Crippen molar-refractivity contribution in [3.63, 3.8) is 0 Å². The Bertz CT molecular complexity index is 917. The van der Waals surface area contributed by atoms with E-state index in [4.69, 9.17) is 14.2 Å². The number of benzene rings is 1. The summed E-state index contributed by atoms with van der Waals surface area (Å²) < 4.78 is 20.1. The molecule has 4 rings (SSSR count). The van der Waals surface area contributed by atoms with Crippen LogP contribution in [0.25, 0.3) is 11.0 Å². The topological polar surface area (TPSA) is 71.7 Å². The molecule has 0 radical (unpaired) electrons. The van der Waals surface area contributed by atoms with Crippen molar-refractivity contribution < 1.29 is 19.0 Å². The van der Waals surface area contributed by atoms with E-state index in [9.17, 15) is 9.59 Å². The lowest BCUT2D eigenvalue weighted by atomic mass is 9.82. The highest BCUT2D eigenvalue weighted by Gasteiger charge is 2.28. The van der Waals surface area contributed by atoms with Crippen LogP contribution in [-0.4, -0.2) is 35.1 Å². The molecule has 1 aliphatic carbocycles. The fraction of sp³-hybridized carbons (Fsp3) is 0.636. The van der Waals surface area contributed by atoms with Crippen molar-refractivity contribution in [1.82, 2.24) is 9.13 Å². The van der Waals surface area contributed by atoms with Gasteiger partial charge >= 0.3 is 11.7 Å². The van der Waals surface area contributed by atoms with Crippen LogP contribution in [0.15, 0.2) is 23.0 Å². The minimum absolute atomic E-state index is 0.00372. The minimum atomic E-state index is -0.210. The fourth-order valence-electron chi connectivity index (χ4n) is 4.60. The first-order chi connectivity index (χ1) is 14.1. The van der Waals surface area contributed by atoms with Crippen molar-refractivity contribution in [3.8, 4) is 5.75 Å². The van der Waals surface area contributed by atoms with E-state index in [-0.39, 0.29) is 23.9 Å². The highest BCUT2D eigenvalue weighted by molar-refractivity contribution is 5.78. The number of rotatable bonds is 5. The van der Waals surface area contributed by atoms with Gasteiger partial charge in [-0.15, -0.1) is 0 Å². The molecule has 0 spiro atoms. The number of aromatic nitrogens is 2. The normalized spacial score (nSPS) is 25.1. The van der Waals surface area contributed by atoms with Gasteiger partial charge in [-0.1, -0.05) is 0 Å². The van der Waals surface area contributed by atoms with Crippen LogP contribution in [0.1, 0.15) is 44.9 Å². The summed E-state index contributed by atoms with van der Waals surface area (Å²) in [5, 5.41) is 0. The van der Waals surface area contributed by atoms with E-state index in [0.29, 0.717) is 12.5 Å². The van der Waals surface area contributed by atoms with Crippen molar-refractivity contribution in [3.05, 3.63) is 28.7 Å². The maximum atomic E-state index is 12.9. The lowest BCUT2D eigenvalue weighted by Crippen LogP contribution is -2.29. The highest BCUT2D eigenvalue weighted by atomic mass is 16.7. The molecule has 7 nitrogen and oxygen atoms in total. The quantitative estimate of drug-likeness (QED) is 0.718. The third-order valence-corrected chi connectivity index (χ3v) is 6.34. The first-order valence-electron chi connectivity index (χ1n) is 10.6. The molecule has 1 aliphatic heterocycles. The van der Waals surface area contributed by atoms with E-state index in [2.05, 4.69) is 0 Å². The van der Waals surface area contributed by atoms with Crippen molar-refractivity contribution in [2.45, 2.75) is 57.8 Å². The number of carbonyl (C=O) groups is 1. The number of imidazole rings is 1. The van der Waals surface area contributed by atoms with Gasteiger partial charge in [-0.2, -0.15) is 0 Å². The summed E-state index contributed by atoms with van der Waals surface area (Å²) in [6.45, 7) is 1.39. The average molecular weight is 402 g/mol. The van der Waals surface area contributed by atoms with Crippen LogP contribution in [0.2, 0.25) is 0 Å². The van der Waals surface area contributed by atoms with Gasteiger partial charge in [0.25, 0.3) is 0 Å². The Labute approximate surface area is 170 Å². The first kappa shape index (κ1) is 20.0. The van der Waals surface area contributed by atoms with Crippen LogP contribution in [0.5, 0.6) is 5.75 Å². The molecular weight excluding hydrogens is 372 g/mol. The van der Waals surface area contributed by atoms with Gasteiger partial charge in [0, 0.05) is 26.1 Å². The van der Waals surface area contributed by atoms with Crippen LogP contribution < -0.4 is 10.4 Å². The van der Waals surface area contributed by atoms with Gasteiger partial charge < -0.3 is 14.2 Å². The van der Waals surface area contributed by atoms with Gasteiger partial charge in [-0.05, 0) is 56.6 Å². The highest BCUT2D eigenvalue weighted by Crippen LogP contribution is 2.31. The molecule has 1 aromatic heterocycles. The van der Waals surface area contributed by atoms with Gasteiger partial charge in [-0.25, -0.2) is 4.79 Å². The summed E-state index contributed by atoms with van der Waals surface area (Å²) in [6, 6.07) is 5.81. The molecule has 1 saturated heterocycles. The lowest BCUT2D eigenvalue weighted by molar-refractivity contribution is -0.146.